The first-order valence-corrected chi connectivity index (χ1v) is 7.22. The number of nitrogens with zero attached hydrogens (tertiary/aromatic N) is 2. The van der Waals surface area contributed by atoms with Gasteiger partial charge in [-0.1, -0.05) is 12.5 Å². The Morgan fingerprint density at radius 1 is 1.45 bits per heavy atom. The van der Waals surface area contributed by atoms with Gasteiger partial charge in [-0.25, -0.2) is 0 Å². The lowest BCUT2D eigenvalue weighted by Gasteiger charge is -2.28. The van der Waals surface area contributed by atoms with Crippen molar-refractivity contribution in [3.8, 4) is 11.8 Å². The van der Waals surface area contributed by atoms with Crippen LogP contribution >= 0.6 is 0 Å². The van der Waals surface area contributed by atoms with Crippen molar-refractivity contribution in [2.45, 2.75) is 31.8 Å². The van der Waals surface area contributed by atoms with Gasteiger partial charge < -0.3 is 15.0 Å². The molecule has 0 aromatic heterocycles. The van der Waals surface area contributed by atoms with Gasteiger partial charge in [0.2, 0.25) is 0 Å². The molecule has 1 aromatic carbocycles. The first-order valence-electron chi connectivity index (χ1n) is 7.22. The number of benzene rings is 1. The van der Waals surface area contributed by atoms with E-state index in [1.165, 1.54) is 19.3 Å². The maximum atomic E-state index is 9.12. The molecule has 4 nitrogen and oxygen atoms in total. The topological polar surface area (TPSA) is 48.3 Å². The zero-order chi connectivity index (χ0) is 14.4. The average molecular weight is 273 g/mol. The van der Waals surface area contributed by atoms with E-state index in [2.05, 4.69) is 23.3 Å². The van der Waals surface area contributed by atoms with Gasteiger partial charge in [-0.3, -0.25) is 0 Å². The molecule has 1 atom stereocenters. The van der Waals surface area contributed by atoms with E-state index in [9.17, 15) is 0 Å². The van der Waals surface area contributed by atoms with E-state index >= 15 is 0 Å². The minimum absolute atomic E-state index is 0.599. The standard InChI is InChI=1S/C16H23N3O/c1-19(12-15-5-3-4-8-18-15)11-13-6-7-16(20-2)14(9-13)10-17/h6-7,9,15,18H,3-5,8,11-12H2,1-2H3. The number of piperidine rings is 1. The van der Waals surface area contributed by atoms with Crippen LogP contribution in [-0.2, 0) is 6.54 Å². The molecule has 0 spiro atoms. The zero-order valence-electron chi connectivity index (χ0n) is 12.4. The highest BCUT2D eigenvalue weighted by molar-refractivity contribution is 5.45. The lowest BCUT2D eigenvalue weighted by atomic mass is 10.0. The predicted octanol–water partition coefficient (Wildman–Crippen LogP) is 2.14. The molecule has 1 saturated heterocycles. The van der Waals surface area contributed by atoms with E-state index in [1.807, 2.05) is 18.2 Å². The van der Waals surface area contributed by atoms with Crippen molar-refractivity contribution in [3.63, 3.8) is 0 Å². The number of hydrogen-bond donors (Lipinski definition) is 1. The predicted molar refractivity (Wildman–Crippen MR) is 79.7 cm³/mol. The van der Waals surface area contributed by atoms with Crippen LogP contribution in [-0.4, -0.2) is 38.2 Å². The van der Waals surface area contributed by atoms with Gasteiger partial charge in [-0.05, 0) is 44.1 Å². The summed E-state index contributed by atoms with van der Waals surface area (Å²) < 4.78 is 5.17. The molecule has 0 radical (unpaired) electrons. The quantitative estimate of drug-likeness (QED) is 0.893. The Labute approximate surface area is 121 Å². The highest BCUT2D eigenvalue weighted by atomic mass is 16.5. The minimum atomic E-state index is 0.599. The van der Waals surface area contributed by atoms with Gasteiger partial charge in [-0.2, -0.15) is 5.26 Å². The van der Waals surface area contributed by atoms with E-state index in [-0.39, 0.29) is 0 Å². The molecule has 0 aliphatic carbocycles. The largest absolute Gasteiger partial charge is 0.495 e. The first kappa shape index (κ1) is 14.8. The second-order valence-corrected chi connectivity index (χ2v) is 5.49. The van der Waals surface area contributed by atoms with E-state index < -0.39 is 0 Å². The third-order valence-corrected chi connectivity index (χ3v) is 3.78. The van der Waals surface area contributed by atoms with Gasteiger partial charge in [-0.15, -0.1) is 0 Å². The van der Waals surface area contributed by atoms with Crippen molar-refractivity contribution < 1.29 is 4.74 Å². The number of nitriles is 1. The lowest BCUT2D eigenvalue weighted by molar-refractivity contribution is 0.256. The first-order chi connectivity index (χ1) is 9.72. The molecule has 0 bridgehead atoms. The maximum absolute atomic E-state index is 9.12. The normalized spacial score (nSPS) is 18.8. The smallest absolute Gasteiger partial charge is 0.136 e. The van der Waals surface area contributed by atoms with Crippen LogP contribution in [0.5, 0.6) is 5.75 Å². The van der Waals surface area contributed by atoms with E-state index in [0.29, 0.717) is 17.4 Å². The summed E-state index contributed by atoms with van der Waals surface area (Å²) in [4.78, 5) is 2.31. The molecule has 1 aromatic rings. The summed E-state index contributed by atoms with van der Waals surface area (Å²) in [6, 6.07) is 8.61. The van der Waals surface area contributed by atoms with E-state index in [0.717, 1.165) is 25.2 Å². The third kappa shape index (κ3) is 3.96. The summed E-state index contributed by atoms with van der Waals surface area (Å²) in [6.07, 6.45) is 3.88. The molecule has 0 amide bonds. The molecule has 1 unspecified atom stereocenters. The summed E-state index contributed by atoms with van der Waals surface area (Å²) in [5, 5.41) is 12.7. The fourth-order valence-electron chi connectivity index (χ4n) is 2.77. The number of hydrogen-bond acceptors (Lipinski definition) is 4. The average Bonchev–Trinajstić information content (AvgIpc) is 2.48. The summed E-state index contributed by atoms with van der Waals surface area (Å²) in [7, 11) is 3.73. The van der Waals surface area contributed by atoms with Crippen LogP contribution in [0.2, 0.25) is 0 Å². The van der Waals surface area contributed by atoms with Crippen LogP contribution in [0, 0.1) is 11.3 Å². The van der Waals surface area contributed by atoms with Crippen molar-refractivity contribution in [1.29, 1.82) is 5.26 Å². The fourth-order valence-corrected chi connectivity index (χ4v) is 2.77. The molecule has 4 heteroatoms. The van der Waals surface area contributed by atoms with Crippen molar-refractivity contribution in [2.75, 3.05) is 27.2 Å². The van der Waals surface area contributed by atoms with Gasteiger partial charge in [0, 0.05) is 19.1 Å². The Bertz CT molecular complexity index is 475. The van der Waals surface area contributed by atoms with Gasteiger partial charge >= 0.3 is 0 Å². The summed E-state index contributed by atoms with van der Waals surface area (Å²) in [5.74, 6) is 0.646. The van der Waals surface area contributed by atoms with Crippen LogP contribution in [0.15, 0.2) is 18.2 Å². The SMILES string of the molecule is COc1ccc(CN(C)CC2CCCCN2)cc1C#N. The van der Waals surface area contributed by atoms with Crippen molar-refractivity contribution in [3.05, 3.63) is 29.3 Å². The zero-order valence-corrected chi connectivity index (χ0v) is 12.4. The van der Waals surface area contributed by atoms with Crippen LogP contribution in [0.25, 0.3) is 0 Å². The minimum Gasteiger partial charge on any atom is -0.495 e. The van der Waals surface area contributed by atoms with Crippen molar-refractivity contribution in [2.24, 2.45) is 0 Å². The molecule has 2 rings (SSSR count). The Balaban J connectivity index is 1.93. The molecular weight excluding hydrogens is 250 g/mol. The number of ether oxygens (including phenoxy) is 1. The molecule has 108 valence electrons. The Morgan fingerprint density at radius 3 is 2.95 bits per heavy atom. The van der Waals surface area contributed by atoms with Crippen molar-refractivity contribution in [1.82, 2.24) is 10.2 Å². The number of rotatable bonds is 5. The molecule has 1 aliphatic heterocycles. The molecule has 20 heavy (non-hydrogen) atoms. The summed E-state index contributed by atoms with van der Waals surface area (Å²) >= 11 is 0. The van der Waals surface area contributed by atoms with Crippen LogP contribution in [0.3, 0.4) is 0 Å². The highest BCUT2D eigenvalue weighted by Gasteiger charge is 2.15. The van der Waals surface area contributed by atoms with Crippen molar-refractivity contribution >= 4 is 0 Å². The second-order valence-electron chi connectivity index (χ2n) is 5.49. The molecule has 1 heterocycles. The molecule has 1 fully saturated rings. The number of likely N-dealkylation sites (N-methyl/N-ethyl adjacent to an activating group) is 1. The Morgan fingerprint density at radius 2 is 2.30 bits per heavy atom. The summed E-state index contributed by atoms with van der Waals surface area (Å²) in [6.45, 7) is 3.05. The molecule has 1 aliphatic rings. The highest BCUT2D eigenvalue weighted by Crippen LogP contribution is 2.19. The number of methoxy groups -OCH3 is 1. The third-order valence-electron chi connectivity index (χ3n) is 3.78. The molecular formula is C16H23N3O. The molecule has 0 saturated carbocycles. The monoisotopic (exact) mass is 273 g/mol. The van der Waals surface area contributed by atoms with E-state index in [1.54, 1.807) is 7.11 Å². The Kier molecular flexibility index (Phi) is 5.40. The maximum Gasteiger partial charge on any atom is 0.136 e. The van der Waals surface area contributed by atoms with Gasteiger partial charge in [0.25, 0.3) is 0 Å². The van der Waals surface area contributed by atoms with Gasteiger partial charge in [0.05, 0.1) is 12.7 Å². The van der Waals surface area contributed by atoms with Crippen LogP contribution < -0.4 is 10.1 Å². The van der Waals surface area contributed by atoms with Gasteiger partial charge in [0.15, 0.2) is 0 Å². The van der Waals surface area contributed by atoms with Gasteiger partial charge in [0.1, 0.15) is 11.8 Å². The number of nitrogens with one attached hydrogen (secondary N) is 1. The summed E-state index contributed by atoms with van der Waals surface area (Å²) in [5.41, 5.74) is 1.76. The molecule has 1 N–H and O–H groups in total. The van der Waals surface area contributed by atoms with Crippen LogP contribution in [0.4, 0.5) is 0 Å². The van der Waals surface area contributed by atoms with Crippen LogP contribution in [0.1, 0.15) is 30.4 Å². The fraction of sp³-hybridized carbons (Fsp3) is 0.562. The second kappa shape index (κ2) is 7.28. The Hall–Kier alpha value is -1.57. The lowest BCUT2D eigenvalue weighted by Crippen LogP contribution is -2.42. The van der Waals surface area contributed by atoms with E-state index in [4.69, 9.17) is 10.00 Å².